The van der Waals surface area contributed by atoms with Gasteiger partial charge in [-0.2, -0.15) is 0 Å². The molecule has 0 fully saturated rings. The van der Waals surface area contributed by atoms with E-state index in [-0.39, 0.29) is 5.56 Å². The molecule has 0 radical (unpaired) electrons. The van der Waals surface area contributed by atoms with Crippen LogP contribution in [0, 0.1) is 0 Å². The first-order valence-corrected chi connectivity index (χ1v) is 6.52. The van der Waals surface area contributed by atoms with Crippen LogP contribution in [0.4, 0.5) is 13.2 Å². The molecule has 0 spiro atoms. The van der Waals surface area contributed by atoms with Crippen LogP contribution < -0.4 is 10.5 Å². The topological polar surface area (TPSA) is 55.5 Å². The summed E-state index contributed by atoms with van der Waals surface area (Å²) in [5.41, 5.74) is 5.91. The fraction of sp³-hybridized carbons (Fsp3) is 0.500. The molecule has 7 heteroatoms. The normalized spacial score (nSPS) is 15.1. The summed E-state index contributed by atoms with van der Waals surface area (Å²) in [4.78, 5) is 0. The van der Waals surface area contributed by atoms with Crippen LogP contribution in [0.2, 0.25) is 0 Å². The molecule has 0 aromatic heterocycles. The Bertz CT molecular complexity index is 426. The van der Waals surface area contributed by atoms with E-state index in [1.807, 2.05) is 6.92 Å². The Kier molecular flexibility index (Phi) is 5.64. The van der Waals surface area contributed by atoms with Gasteiger partial charge in [-0.25, -0.2) is 0 Å². The number of benzene rings is 1. The molecule has 1 aromatic rings. The summed E-state index contributed by atoms with van der Waals surface area (Å²) >= 11 is 3.16. The molecule has 1 aromatic carbocycles. The zero-order valence-electron chi connectivity index (χ0n) is 10.2. The summed E-state index contributed by atoms with van der Waals surface area (Å²) in [5.74, 6) is -0.390. The Morgan fingerprint density at radius 1 is 1.42 bits per heavy atom. The molecule has 0 amide bonds. The second-order valence-corrected chi connectivity index (χ2v) is 5.03. The number of hydrogen-bond acceptors (Lipinski definition) is 3. The molecule has 0 heterocycles. The van der Waals surface area contributed by atoms with Crippen molar-refractivity contribution in [2.75, 3.05) is 0 Å². The minimum atomic E-state index is -4.79. The van der Waals surface area contributed by atoms with E-state index in [1.54, 1.807) is 0 Å². The minimum Gasteiger partial charge on any atom is -0.405 e. The highest BCUT2D eigenvalue weighted by molar-refractivity contribution is 9.10. The van der Waals surface area contributed by atoms with E-state index in [1.165, 1.54) is 18.2 Å². The molecule has 3 nitrogen and oxygen atoms in total. The predicted octanol–water partition coefficient (Wildman–Crippen LogP) is 3.51. The predicted molar refractivity (Wildman–Crippen MR) is 68.7 cm³/mol. The van der Waals surface area contributed by atoms with E-state index in [9.17, 15) is 18.3 Å². The largest absolute Gasteiger partial charge is 0.573 e. The smallest absolute Gasteiger partial charge is 0.405 e. The zero-order valence-corrected chi connectivity index (χ0v) is 11.8. The quantitative estimate of drug-likeness (QED) is 0.861. The fourth-order valence-corrected chi connectivity index (χ4v) is 2.06. The Balaban J connectivity index is 3.06. The summed E-state index contributed by atoms with van der Waals surface area (Å²) in [6, 6.07) is 3.08. The summed E-state index contributed by atoms with van der Waals surface area (Å²) < 4.78 is 41.4. The molecular weight excluding hydrogens is 327 g/mol. The first kappa shape index (κ1) is 16.3. The molecule has 0 aliphatic rings. The highest BCUT2D eigenvalue weighted by Crippen LogP contribution is 2.33. The molecule has 1 rings (SSSR count). The van der Waals surface area contributed by atoms with Crippen LogP contribution in [0.5, 0.6) is 5.75 Å². The van der Waals surface area contributed by atoms with Crippen molar-refractivity contribution in [3.05, 3.63) is 28.2 Å². The van der Waals surface area contributed by atoms with Gasteiger partial charge in [0.05, 0.1) is 12.1 Å². The average molecular weight is 342 g/mol. The summed E-state index contributed by atoms with van der Waals surface area (Å²) in [6.07, 6.45) is -4.63. The maximum Gasteiger partial charge on any atom is 0.573 e. The van der Waals surface area contributed by atoms with Crippen molar-refractivity contribution < 1.29 is 23.0 Å². The molecule has 0 aliphatic heterocycles. The van der Waals surface area contributed by atoms with Crippen LogP contribution in [-0.2, 0) is 0 Å². The molecule has 0 saturated carbocycles. The van der Waals surface area contributed by atoms with Gasteiger partial charge < -0.3 is 15.6 Å². The van der Waals surface area contributed by atoms with Crippen molar-refractivity contribution in [2.24, 2.45) is 5.73 Å². The number of rotatable bonds is 5. The lowest BCUT2D eigenvalue weighted by Crippen LogP contribution is -2.28. The molecular formula is C12H15BrF3NO2. The molecule has 0 aliphatic carbocycles. The monoisotopic (exact) mass is 341 g/mol. The standard InChI is InChI=1S/C12H15BrF3NO2/c1-2-3-9(18)11(17)8-6-7(13)4-5-10(8)19-12(14,15)16/h4-6,9,11,18H,2-3,17H2,1H3/t9-,11+/m1/s1. The van der Waals surface area contributed by atoms with E-state index in [0.717, 1.165) is 0 Å². The second kappa shape index (κ2) is 6.58. The lowest BCUT2D eigenvalue weighted by atomic mass is 9.98. The number of ether oxygens (including phenoxy) is 1. The Hall–Kier alpha value is -0.790. The number of hydrogen-bond donors (Lipinski definition) is 2. The Morgan fingerprint density at radius 3 is 2.58 bits per heavy atom. The van der Waals surface area contributed by atoms with Gasteiger partial charge >= 0.3 is 6.36 Å². The van der Waals surface area contributed by atoms with Crippen LogP contribution in [0.15, 0.2) is 22.7 Å². The number of aliphatic hydroxyl groups excluding tert-OH is 1. The van der Waals surface area contributed by atoms with Gasteiger partial charge in [-0.05, 0) is 24.6 Å². The van der Waals surface area contributed by atoms with Crippen molar-refractivity contribution in [3.63, 3.8) is 0 Å². The third kappa shape index (κ3) is 5.00. The van der Waals surface area contributed by atoms with Gasteiger partial charge in [-0.1, -0.05) is 29.3 Å². The molecule has 2 atom stereocenters. The van der Waals surface area contributed by atoms with E-state index in [2.05, 4.69) is 20.7 Å². The third-order valence-electron chi connectivity index (χ3n) is 2.56. The SMILES string of the molecule is CCC[C@@H](O)[C@@H](N)c1cc(Br)ccc1OC(F)(F)F. The average Bonchev–Trinajstić information content (AvgIpc) is 2.29. The maximum absolute atomic E-state index is 12.3. The van der Waals surface area contributed by atoms with Crippen molar-refractivity contribution in [1.29, 1.82) is 0 Å². The van der Waals surface area contributed by atoms with Crippen LogP contribution in [0.25, 0.3) is 0 Å². The third-order valence-corrected chi connectivity index (χ3v) is 3.05. The van der Waals surface area contributed by atoms with Crippen molar-refractivity contribution in [3.8, 4) is 5.75 Å². The van der Waals surface area contributed by atoms with E-state index in [0.29, 0.717) is 17.3 Å². The minimum absolute atomic E-state index is 0.118. The van der Waals surface area contributed by atoms with Crippen LogP contribution in [0.1, 0.15) is 31.4 Å². The summed E-state index contributed by atoms with van der Waals surface area (Å²) in [5, 5.41) is 9.81. The van der Waals surface area contributed by atoms with E-state index in [4.69, 9.17) is 5.73 Å². The van der Waals surface area contributed by atoms with Gasteiger partial charge in [0.2, 0.25) is 0 Å². The van der Waals surface area contributed by atoms with Crippen LogP contribution >= 0.6 is 15.9 Å². The number of halogens is 4. The molecule has 3 N–H and O–H groups in total. The van der Waals surface area contributed by atoms with E-state index >= 15 is 0 Å². The first-order valence-electron chi connectivity index (χ1n) is 5.73. The van der Waals surface area contributed by atoms with E-state index < -0.39 is 24.3 Å². The highest BCUT2D eigenvalue weighted by atomic mass is 79.9. The Morgan fingerprint density at radius 2 is 2.05 bits per heavy atom. The maximum atomic E-state index is 12.3. The second-order valence-electron chi connectivity index (χ2n) is 4.11. The van der Waals surface area contributed by atoms with Gasteiger partial charge in [-0.15, -0.1) is 13.2 Å². The lowest BCUT2D eigenvalue weighted by Gasteiger charge is -2.22. The molecule has 0 saturated heterocycles. The highest BCUT2D eigenvalue weighted by Gasteiger charge is 2.33. The van der Waals surface area contributed by atoms with Gasteiger partial charge in [0.25, 0.3) is 0 Å². The fourth-order valence-electron chi connectivity index (χ4n) is 1.68. The van der Waals surface area contributed by atoms with Crippen LogP contribution in [0.3, 0.4) is 0 Å². The van der Waals surface area contributed by atoms with Crippen LogP contribution in [-0.4, -0.2) is 17.6 Å². The first-order chi connectivity index (χ1) is 8.74. The molecule has 108 valence electrons. The summed E-state index contributed by atoms with van der Waals surface area (Å²) in [7, 11) is 0. The molecule has 19 heavy (non-hydrogen) atoms. The van der Waals surface area contributed by atoms with Crippen molar-refractivity contribution in [2.45, 2.75) is 38.3 Å². The number of aliphatic hydroxyl groups is 1. The lowest BCUT2D eigenvalue weighted by molar-refractivity contribution is -0.275. The van der Waals surface area contributed by atoms with Gasteiger partial charge in [0.1, 0.15) is 5.75 Å². The van der Waals surface area contributed by atoms with Crippen molar-refractivity contribution in [1.82, 2.24) is 0 Å². The zero-order chi connectivity index (χ0) is 14.6. The van der Waals surface area contributed by atoms with Gasteiger partial charge in [0, 0.05) is 10.0 Å². The Labute approximate surface area is 117 Å². The van der Waals surface area contributed by atoms with Gasteiger partial charge in [0.15, 0.2) is 0 Å². The molecule has 0 bridgehead atoms. The van der Waals surface area contributed by atoms with Crippen molar-refractivity contribution >= 4 is 15.9 Å². The molecule has 0 unspecified atom stereocenters. The summed E-state index contributed by atoms with van der Waals surface area (Å²) in [6.45, 7) is 1.85. The van der Waals surface area contributed by atoms with Gasteiger partial charge in [-0.3, -0.25) is 0 Å². The number of alkyl halides is 3. The number of nitrogens with two attached hydrogens (primary N) is 1.